The maximum absolute atomic E-state index is 11.7. The Morgan fingerprint density at radius 3 is 2.10 bits per heavy atom. The molecule has 0 saturated heterocycles. The summed E-state index contributed by atoms with van der Waals surface area (Å²) in [6, 6.07) is 0. The van der Waals surface area contributed by atoms with Crippen molar-refractivity contribution in [2.24, 2.45) is 25.5 Å². The molecule has 6 N–H and O–H groups in total. The number of rotatable bonds is 8. The molecule has 122 valence electrons. The van der Waals surface area contributed by atoms with Crippen molar-refractivity contribution in [2.45, 2.75) is 44.5 Å². The van der Waals surface area contributed by atoms with Gasteiger partial charge in [0.05, 0.1) is 0 Å². The van der Waals surface area contributed by atoms with Crippen molar-refractivity contribution in [1.29, 1.82) is 0 Å². The average Bonchev–Trinajstić information content (AvgIpc) is 2.36. The van der Waals surface area contributed by atoms with E-state index in [0.717, 1.165) is 0 Å². The summed E-state index contributed by atoms with van der Waals surface area (Å²) in [5, 5.41) is 0. The van der Waals surface area contributed by atoms with Crippen molar-refractivity contribution in [2.75, 3.05) is 0 Å². The van der Waals surface area contributed by atoms with Crippen LogP contribution in [0.5, 0.6) is 0 Å². The first-order valence-corrected chi connectivity index (χ1v) is 7.90. The fourth-order valence-corrected chi connectivity index (χ4v) is 3.05. The number of ether oxygens (including phenoxy) is 1. The van der Waals surface area contributed by atoms with Gasteiger partial charge in [-0.2, -0.15) is 0 Å². The van der Waals surface area contributed by atoms with Crippen LogP contribution in [0.4, 0.5) is 0 Å². The zero-order chi connectivity index (χ0) is 17.1. The van der Waals surface area contributed by atoms with E-state index in [1.54, 1.807) is 27.7 Å². The number of nitrogens with two attached hydrogens (primary N) is 3. The Labute approximate surface area is 136 Å². The molecule has 0 aromatic carbocycles. The van der Waals surface area contributed by atoms with Crippen LogP contribution in [0.2, 0.25) is 0 Å². The third kappa shape index (κ3) is 3.78. The van der Waals surface area contributed by atoms with E-state index in [0.29, 0.717) is 0 Å². The summed E-state index contributed by atoms with van der Waals surface area (Å²) in [6.07, 6.45) is 0. The van der Waals surface area contributed by atoms with E-state index in [4.69, 9.17) is 22.0 Å². The molecule has 0 aromatic heterocycles. The second kappa shape index (κ2) is 6.81. The summed E-state index contributed by atoms with van der Waals surface area (Å²) in [7, 11) is 0. The molecule has 0 saturated carbocycles. The number of hydrazine groups is 1. The molecule has 0 rings (SSSR count). The van der Waals surface area contributed by atoms with Gasteiger partial charge in [0.1, 0.15) is 0 Å². The first-order valence-electron chi connectivity index (χ1n) is 5.97. The second-order valence-corrected chi connectivity index (χ2v) is 7.57. The molecule has 0 bridgehead atoms. The molecule has 0 amide bonds. The molecule has 0 spiro atoms. The summed E-state index contributed by atoms with van der Waals surface area (Å²) < 4.78 is 10.6. The zero-order valence-corrected chi connectivity index (χ0v) is 15.0. The summed E-state index contributed by atoms with van der Waals surface area (Å²) in [5.74, 6) is 5.24. The molecule has 0 heterocycles. The molecular weight excluding hydrogens is 387 g/mol. The summed E-state index contributed by atoms with van der Waals surface area (Å²) in [5.41, 5.74) is 7.95. The van der Waals surface area contributed by atoms with Crippen LogP contribution < -0.4 is 39.1 Å². The molecule has 0 aliphatic heterocycles. The molecule has 0 fully saturated rings. The van der Waals surface area contributed by atoms with Crippen molar-refractivity contribution in [1.82, 2.24) is 3.22 Å². The van der Waals surface area contributed by atoms with Gasteiger partial charge in [-0.3, -0.25) is 0 Å². The van der Waals surface area contributed by atoms with Gasteiger partial charge in [0.15, 0.2) is 0 Å². The SMILES string of the molecule is C=N[I-]N(N)C(C)(C)C(N)(N=C)C(C)(C)OC(=O)C(=C)N. The molecule has 0 aliphatic carbocycles. The van der Waals surface area contributed by atoms with Crippen molar-refractivity contribution >= 4 is 19.4 Å². The molecule has 0 aromatic rings. The molecule has 0 aliphatic rings. The summed E-state index contributed by atoms with van der Waals surface area (Å²) in [4.78, 5) is 15.7. The first-order chi connectivity index (χ1) is 9.37. The fraction of sp³-hybridized carbons (Fsp3) is 0.583. The van der Waals surface area contributed by atoms with Gasteiger partial charge in [-0.15, -0.1) is 0 Å². The minimum absolute atomic E-state index is 0.225. The van der Waals surface area contributed by atoms with E-state index in [1.165, 1.54) is 3.22 Å². The van der Waals surface area contributed by atoms with Crippen molar-refractivity contribution in [3.63, 3.8) is 0 Å². The molecule has 0 radical (unpaired) electrons. The van der Waals surface area contributed by atoms with Crippen molar-refractivity contribution < 1.29 is 31.3 Å². The van der Waals surface area contributed by atoms with Crippen LogP contribution in [0, 0.1) is 0 Å². The Hall–Kier alpha value is -1.04. The fourth-order valence-electron chi connectivity index (χ4n) is 1.81. The molecule has 9 heteroatoms. The van der Waals surface area contributed by atoms with Gasteiger partial charge in [0.2, 0.25) is 0 Å². The Morgan fingerprint density at radius 1 is 1.29 bits per heavy atom. The molecule has 1 atom stereocenters. The number of aliphatic imine (C=N–C) groups is 1. The van der Waals surface area contributed by atoms with Crippen LogP contribution >= 0.6 is 0 Å². The first kappa shape index (κ1) is 20.0. The van der Waals surface area contributed by atoms with Gasteiger partial charge in [-0.1, -0.05) is 0 Å². The van der Waals surface area contributed by atoms with E-state index < -0.39 is 44.5 Å². The average molecular weight is 411 g/mol. The van der Waals surface area contributed by atoms with Crippen LogP contribution in [0.15, 0.2) is 20.5 Å². The molecule has 21 heavy (non-hydrogen) atoms. The molecule has 8 nitrogen and oxygen atoms in total. The van der Waals surface area contributed by atoms with Gasteiger partial charge in [0.25, 0.3) is 0 Å². The quantitative estimate of drug-likeness (QED) is 0.0730. The van der Waals surface area contributed by atoms with Crippen LogP contribution in [0.3, 0.4) is 0 Å². The summed E-state index contributed by atoms with van der Waals surface area (Å²) >= 11 is -0.904. The number of carbonyl (C=O) groups excluding carboxylic acids is 1. The van der Waals surface area contributed by atoms with Gasteiger partial charge in [-0.05, 0) is 0 Å². The predicted octanol–water partition coefficient (Wildman–Crippen LogP) is -3.29. The minimum atomic E-state index is -1.41. The van der Waals surface area contributed by atoms with Crippen molar-refractivity contribution in [3.05, 3.63) is 12.3 Å². The van der Waals surface area contributed by atoms with E-state index in [9.17, 15) is 4.79 Å². The zero-order valence-electron chi connectivity index (χ0n) is 12.9. The number of carbonyl (C=O) groups is 1. The standard InChI is InChI=1S/C12H24IN6O2/c1-8(14)9(20)21-11(4,5)12(15,17-6)10(2,3)19(16)13-18-7/h1,6-7,14-16H2,2-5H3/q-1. The van der Waals surface area contributed by atoms with E-state index in [2.05, 4.69) is 28.2 Å². The number of esters is 1. The second-order valence-electron chi connectivity index (χ2n) is 5.41. The van der Waals surface area contributed by atoms with E-state index in [-0.39, 0.29) is 5.70 Å². The Morgan fingerprint density at radius 2 is 1.76 bits per heavy atom. The monoisotopic (exact) mass is 411 g/mol. The van der Waals surface area contributed by atoms with Crippen LogP contribution in [0.1, 0.15) is 27.7 Å². The third-order valence-electron chi connectivity index (χ3n) is 3.38. The Balaban J connectivity index is 5.70. The van der Waals surface area contributed by atoms with Crippen LogP contribution in [0.25, 0.3) is 0 Å². The van der Waals surface area contributed by atoms with Crippen molar-refractivity contribution in [3.8, 4) is 0 Å². The van der Waals surface area contributed by atoms with Gasteiger partial charge < -0.3 is 0 Å². The Kier molecular flexibility index (Phi) is 6.48. The topological polar surface area (TPSA) is 132 Å². The van der Waals surface area contributed by atoms with Gasteiger partial charge in [0, 0.05) is 0 Å². The Bertz CT molecular complexity index is 451. The predicted molar refractivity (Wildman–Crippen MR) is 79.6 cm³/mol. The molecule has 1 unspecified atom stereocenters. The van der Waals surface area contributed by atoms with Crippen LogP contribution in [-0.4, -0.2) is 39.4 Å². The normalized spacial score (nSPS) is 15.4. The summed E-state index contributed by atoms with van der Waals surface area (Å²) in [6.45, 7) is 17.0. The van der Waals surface area contributed by atoms with E-state index in [1.807, 2.05) is 0 Å². The maximum atomic E-state index is 11.7. The number of halogens is 1. The number of hydrogen-bond acceptors (Lipinski definition) is 8. The third-order valence-corrected chi connectivity index (χ3v) is 5.36. The van der Waals surface area contributed by atoms with Crippen LogP contribution in [-0.2, 0) is 9.53 Å². The number of hydrogen-bond donors (Lipinski definition) is 3. The van der Waals surface area contributed by atoms with E-state index >= 15 is 0 Å². The molecular formula is C12H24IN6O2-. The number of nitrogens with zero attached hydrogens (tertiary/aromatic N) is 3. The van der Waals surface area contributed by atoms with Gasteiger partial charge in [-0.25, -0.2) is 0 Å². The van der Waals surface area contributed by atoms with Gasteiger partial charge >= 0.3 is 136 Å².